The number of benzene rings is 10. The van der Waals surface area contributed by atoms with Gasteiger partial charge in [-0.2, -0.15) is 0 Å². The van der Waals surface area contributed by atoms with E-state index in [1.807, 2.05) is 0 Å². The van der Waals surface area contributed by atoms with Gasteiger partial charge in [0.2, 0.25) is 0 Å². The van der Waals surface area contributed by atoms with Crippen molar-refractivity contribution in [1.82, 2.24) is 9.05 Å². The zero-order valence-corrected chi connectivity index (χ0v) is 39.9. The van der Waals surface area contributed by atoms with Crippen LogP contribution in [0.1, 0.15) is 33.4 Å². The molecule has 2 nitrogen and oxygen atoms in total. The lowest BCUT2D eigenvalue weighted by Gasteiger charge is -2.35. The third-order valence-corrected chi connectivity index (χ3v) is 15.2. The Morgan fingerprint density at radius 3 is 1.30 bits per heavy atom. The predicted molar refractivity (Wildman–Crippen MR) is 295 cm³/mol. The van der Waals surface area contributed by atoms with Gasteiger partial charge in [-0.3, -0.25) is 0 Å². The molecule has 0 saturated heterocycles. The van der Waals surface area contributed by atoms with Gasteiger partial charge in [-0.15, -0.1) is 0 Å². The van der Waals surface area contributed by atoms with Gasteiger partial charge in [-0.1, -0.05) is 167 Å². The SMILES string of the molecule is Cc1cc(C)cc(-c2cc3c4c(c2)-n2c5ccc(-c6ccccc6)cc5c5cc(-c6ccccc6)cc(c52)B4n2c4ccc(-c5cc(C)cc(C)c5)cc4c4cc(-c5cc(C)cc(C)c5)cc-3c42)c1. The van der Waals surface area contributed by atoms with Gasteiger partial charge in [0.1, 0.15) is 0 Å². The van der Waals surface area contributed by atoms with Gasteiger partial charge in [-0.25, -0.2) is 0 Å². The van der Waals surface area contributed by atoms with Crippen LogP contribution in [-0.2, 0) is 0 Å². The van der Waals surface area contributed by atoms with Crippen molar-refractivity contribution in [3.63, 3.8) is 0 Å². The summed E-state index contributed by atoms with van der Waals surface area (Å²) >= 11 is 0. The normalized spacial score (nSPS) is 12.5. The van der Waals surface area contributed by atoms with E-state index in [0.717, 1.165) is 0 Å². The van der Waals surface area contributed by atoms with Gasteiger partial charge in [0.15, 0.2) is 0 Å². The Morgan fingerprint density at radius 1 is 0.304 bits per heavy atom. The molecule has 0 radical (unpaired) electrons. The molecule has 14 rings (SSSR count). The number of aromatic nitrogens is 2. The van der Waals surface area contributed by atoms with Crippen LogP contribution in [-0.4, -0.2) is 15.9 Å². The van der Waals surface area contributed by atoms with Crippen molar-refractivity contribution in [2.24, 2.45) is 0 Å². The van der Waals surface area contributed by atoms with E-state index in [-0.39, 0.29) is 6.85 Å². The van der Waals surface area contributed by atoms with Crippen LogP contribution in [0, 0.1) is 41.5 Å². The maximum Gasteiger partial charge on any atom is 0.333 e. The van der Waals surface area contributed by atoms with Crippen LogP contribution in [0.3, 0.4) is 0 Å². The molecule has 12 aromatic rings. The summed E-state index contributed by atoms with van der Waals surface area (Å²) in [5.41, 5.74) is 31.6. The molecule has 0 fully saturated rings. The minimum absolute atomic E-state index is 0.0912. The maximum atomic E-state index is 2.74. The van der Waals surface area contributed by atoms with Gasteiger partial charge in [0.05, 0.1) is 11.0 Å². The summed E-state index contributed by atoms with van der Waals surface area (Å²) in [6.45, 7) is 13.2. The minimum Gasteiger partial charge on any atom is -0.375 e. The van der Waals surface area contributed by atoms with E-state index < -0.39 is 0 Å². The number of hydrogen-bond donors (Lipinski definition) is 0. The predicted octanol–water partition coefficient (Wildman–Crippen LogP) is 16.0. The number of aryl methyl sites for hydroxylation is 6. The second-order valence-corrected chi connectivity index (χ2v) is 20.3. The van der Waals surface area contributed by atoms with Crippen LogP contribution in [0.5, 0.6) is 0 Å². The Balaban J connectivity index is 1.17. The lowest BCUT2D eigenvalue weighted by atomic mass is 9.45. The van der Waals surface area contributed by atoms with E-state index in [9.17, 15) is 0 Å². The lowest BCUT2D eigenvalue weighted by molar-refractivity contribution is 1.17. The summed E-state index contributed by atoms with van der Waals surface area (Å²) < 4.78 is 5.36. The van der Waals surface area contributed by atoms with Crippen molar-refractivity contribution in [3.05, 3.63) is 221 Å². The van der Waals surface area contributed by atoms with Crippen molar-refractivity contribution in [3.8, 4) is 72.4 Å². The van der Waals surface area contributed by atoms with Crippen LogP contribution >= 0.6 is 0 Å². The zero-order valence-electron chi connectivity index (χ0n) is 39.9. The maximum absolute atomic E-state index is 2.74. The highest BCUT2D eigenvalue weighted by Gasteiger charge is 2.42. The molecule has 0 aliphatic carbocycles. The summed E-state index contributed by atoms with van der Waals surface area (Å²) in [6.07, 6.45) is 0. The van der Waals surface area contributed by atoms with E-state index in [4.69, 9.17) is 0 Å². The molecule has 10 aromatic carbocycles. The standard InChI is InChI=1S/C66H49BN2/c1-38-21-39(2)25-48(24-38)47-18-20-62-55(31-47)57-33-51(49-26-40(3)22-41(4)27-49)34-59-56-32-53(50-28-42(5)23-43(6)29-50)37-63-64(56)67(69(62)65(57)59)60-36-52(45-15-11-8-12-16-45)35-58-54-30-46(44-13-9-7-10-14-44)17-19-61(54)68(63)66(58)60/h7-37H,1-6H3. The molecule has 0 unspecified atom stereocenters. The molecule has 2 aliphatic heterocycles. The molecule has 2 aromatic heterocycles. The van der Waals surface area contributed by atoms with Crippen molar-refractivity contribution in [1.29, 1.82) is 0 Å². The first-order chi connectivity index (χ1) is 33.6. The highest BCUT2D eigenvalue weighted by atomic mass is 15.0. The molecule has 0 bridgehead atoms. The fourth-order valence-electron chi connectivity index (χ4n) is 12.6. The van der Waals surface area contributed by atoms with Crippen molar-refractivity contribution >= 4 is 61.4 Å². The zero-order chi connectivity index (χ0) is 46.4. The van der Waals surface area contributed by atoms with E-state index in [0.29, 0.717) is 0 Å². The van der Waals surface area contributed by atoms with E-state index in [2.05, 4.69) is 239 Å². The van der Waals surface area contributed by atoms with Gasteiger partial charge in [0, 0.05) is 43.8 Å². The van der Waals surface area contributed by atoms with Crippen molar-refractivity contribution < 1.29 is 0 Å². The van der Waals surface area contributed by atoms with E-state index >= 15 is 0 Å². The first-order valence-corrected chi connectivity index (χ1v) is 24.4. The molecule has 0 amide bonds. The third-order valence-electron chi connectivity index (χ3n) is 15.2. The molecule has 0 spiro atoms. The monoisotopic (exact) mass is 880 g/mol. The molecule has 3 heteroatoms. The quantitative estimate of drug-likeness (QED) is 0.152. The first kappa shape index (κ1) is 40.0. The molecule has 0 atom stereocenters. The number of hydrogen-bond acceptors (Lipinski definition) is 0. The fraction of sp³-hybridized carbons (Fsp3) is 0.0909. The highest BCUT2D eigenvalue weighted by Crippen LogP contribution is 2.48. The second-order valence-electron chi connectivity index (χ2n) is 20.3. The largest absolute Gasteiger partial charge is 0.375 e. The van der Waals surface area contributed by atoms with Crippen LogP contribution < -0.4 is 10.9 Å². The van der Waals surface area contributed by atoms with E-state index in [1.165, 1.54) is 160 Å². The molecule has 0 N–H and O–H groups in total. The highest BCUT2D eigenvalue weighted by molar-refractivity contribution is 6.90. The third kappa shape index (κ3) is 6.06. The number of nitrogens with zero attached hydrogens (tertiary/aromatic N) is 2. The van der Waals surface area contributed by atoms with Crippen LogP contribution in [0.2, 0.25) is 0 Å². The molecule has 69 heavy (non-hydrogen) atoms. The lowest BCUT2D eigenvalue weighted by Crippen LogP contribution is -2.55. The second kappa shape index (κ2) is 14.7. The Kier molecular flexibility index (Phi) is 8.51. The van der Waals surface area contributed by atoms with Gasteiger partial charge < -0.3 is 9.05 Å². The number of rotatable bonds is 5. The van der Waals surface area contributed by atoms with Crippen LogP contribution in [0.15, 0.2) is 188 Å². The number of fused-ring (bicyclic) bond motifs is 10. The average molecular weight is 881 g/mol. The molecule has 326 valence electrons. The Labute approximate surface area is 403 Å². The summed E-state index contributed by atoms with van der Waals surface area (Å²) in [5.74, 6) is 0. The van der Waals surface area contributed by atoms with Crippen LogP contribution in [0.25, 0.3) is 116 Å². The smallest absolute Gasteiger partial charge is 0.333 e. The van der Waals surface area contributed by atoms with Gasteiger partial charge in [-0.05, 0) is 168 Å². The first-order valence-electron chi connectivity index (χ1n) is 24.4. The van der Waals surface area contributed by atoms with Crippen molar-refractivity contribution in [2.45, 2.75) is 41.5 Å². The summed E-state index contributed by atoms with van der Waals surface area (Å²) in [4.78, 5) is 0. The topological polar surface area (TPSA) is 9.86 Å². The van der Waals surface area contributed by atoms with E-state index in [1.54, 1.807) is 0 Å². The molecular weight excluding hydrogens is 832 g/mol. The minimum atomic E-state index is -0.0912. The summed E-state index contributed by atoms with van der Waals surface area (Å²) in [7, 11) is 0. The Morgan fingerprint density at radius 2 is 0.725 bits per heavy atom. The van der Waals surface area contributed by atoms with Crippen molar-refractivity contribution in [2.75, 3.05) is 0 Å². The summed E-state index contributed by atoms with van der Waals surface area (Å²) in [6, 6.07) is 72.3. The molecular formula is C66H49BN2. The molecule has 4 heterocycles. The van der Waals surface area contributed by atoms with Crippen LogP contribution in [0.4, 0.5) is 0 Å². The van der Waals surface area contributed by atoms with Gasteiger partial charge in [0.25, 0.3) is 0 Å². The Bertz CT molecular complexity index is 4120. The summed E-state index contributed by atoms with van der Waals surface area (Å²) in [5, 5.41) is 5.13. The van der Waals surface area contributed by atoms with Gasteiger partial charge >= 0.3 is 6.85 Å². The molecule has 2 aliphatic rings. The Hall–Kier alpha value is -8.14. The average Bonchev–Trinajstić information content (AvgIpc) is 3.86. The molecule has 0 saturated carbocycles. The fourth-order valence-corrected chi connectivity index (χ4v) is 12.6.